The van der Waals surface area contributed by atoms with Crippen LogP contribution in [0.3, 0.4) is 0 Å². The summed E-state index contributed by atoms with van der Waals surface area (Å²) in [6, 6.07) is 25.3. The van der Waals surface area contributed by atoms with Gasteiger partial charge in [0, 0.05) is 5.56 Å². The first-order valence-corrected chi connectivity index (χ1v) is 10.5. The second-order valence-corrected chi connectivity index (χ2v) is 7.46. The number of fused-ring (bicyclic) bond motifs is 1. The smallest absolute Gasteiger partial charge is 0.277 e. The zero-order valence-corrected chi connectivity index (χ0v) is 18.1. The summed E-state index contributed by atoms with van der Waals surface area (Å²) >= 11 is 0. The molecule has 1 N–H and O–H groups in total. The van der Waals surface area contributed by atoms with Gasteiger partial charge < -0.3 is 9.47 Å². The van der Waals surface area contributed by atoms with E-state index in [1.807, 2.05) is 67.6 Å². The molecular weight excluding hydrogens is 419 g/mol. The summed E-state index contributed by atoms with van der Waals surface area (Å²) in [6.45, 7) is 2.04. The number of rotatable bonds is 8. The Morgan fingerprint density at radius 3 is 2.48 bits per heavy atom. The molecule has 0 aliphatic rings. The Morgan fingerprint density at radius 1 is 0.909 bits per heavy atom. The molecule has 1 amide bonds. The maximum Gasteiger partial charge on any atom is 0.277 e. The van der Waals surface area contributed by atoms with Gasteiger partial charge in [-0.2, -0.15) is 5.10 Å². The Hall–Kier alpha value is -4.19. The SMILES string of the molecule is Cc1ccccc1OCC(=O)N/N=C/c1c(OCc2ccc(F)cc2)ccc2ccccc12. The fourth-order valence-electron chi connectivity index (χ4n) is 3.34. The summed E-state index contributed by atoms with van der Waals surface area (Å²) in [7, 11) is 0. The number of nitrogens with one attached hydrogen (secondary N) is 1. The molecule has 4 aromatic rings. The van der Waals surface area contributed by atoms with Crippen LogP contribution in [0.1, 0.15) is 16.7 Å². The van der Waals surface area contributed by atoms with Gasteiger partial charge in [0.15, 0.2) is 6.61 Å². The standard InChI is InChI=1S/C27H23FN2O3/c1-19-6-2-5-9-25(19)33-18-27(31)30-29-16-24-23-8-4-3-7-21(23)12-15-26(24)32-17-20-10-13-22(28)14-11-20/h2-16H,17-18H2,1H3,(H,30,31)/b29-16+. The summed E-state index contributed by atoms with van der Waals surface area (Å²) < 4.78 is 24.7. The van der Waals surface area contributed by atoms with Crippen molar-refractivity contribution in [3.8, 4) is 11.5 Å². The highest BCUT2D eigenvalue weighted by Crippen LogP contribution is 2.27. The van der Waals surface area contributed by atoms with E-state index in [0.717, 1.165) is 27.5 Å². The molecule has 0 atom stereocenters. The lowest BCUT2D eigenvalue weighted by Crippen LogP contribution is -2.24. The molecule has 0 unspecified atom stereocenters. The fourth-order valence-corrected chi connectivity index (χ4v) is 3.34. The number of carbonyl (C=O) groups excluding carboxylic acids is 1. The number of nitrogens with zero attached hydrogens (tertiary/aromatic N) is 1. The molecule has 0 saturated heterocycles. The van der Waals surface area contributed by atoms with Gasteiger partial charge in [0.2, 0.25) is 0 Å². The maximum atomic E-state index is 13.2. The molecule has 4 aromatic carbocycles. The van der Waals surface area contributed by atoms with Gasteiger partial charge in [0.05, 0.1) is 6.21 Å². The molecule has 0 saturated carbocycles. The molecule has 0 aliphatic carbocycles. The van der Waals surface area contributed by atoms with Crippen molar-refractivity contribution in [1.29, 1.82) is 0 Å². The molecule has 5 nitrogen and oxygen atoms in total. The summed E-state index contributed by atoms with van der Waals surface area (Å²) in [5, 5.41) is 6.07. The average molecular weight is 442 g/mol. The highest BCUT2D eigenvalue weighted by molar-refractivity contribution is 6.02. The molecule has 0 heterocycles. The molecule has 0 bridgehead atoms. The first-order chi connectivity index (χ1) is 16.1. The van der Waals surface area contributed by atoms with E-state index in [-0.39, 0.29) is 24.9 Å². The third-order valence-electron chi connectivity index (χ3n) is 5.07. The molecule has 0 aromatic heterocycles. The first kappa shape index (κ1) is 22.0. The number of para-hydroxylation sites is 1. The van der Waals surface area contributed by atoms with E-state index in [9.17, 15) is 9.18 Å². The molecule has 33 heavy (non-hydrogen) atoms. The van der Waals surface area contributed by atoms with Gasteiger partial charge in [0.1, 0.15) is 23.9 Å². The Labute approximate surface area is 191 Å². The Kier molecular flexibility index (Phi) is 6.95. The minimum atomic E-state index is -0.372. The van der Waals surface area contributed by atoms with Gasteiger partial charge in [-0.1, -0.05) is 60.7 Å². The van der Waals surface area contributed by atoms with Gasteiger partial charge in [-0.3, -0.25) is 4.79 Å². The quantitative estimate of drug-likeness (QED) is 0.294. The van der Waals surface area contributed by atoms with Crippen molar-refractivity contribution in [3.63, 3.8) is 0 Å². The van der Waals surface area contributed by atoms with E-state index in [1.165, 1.54) is 12.1 Å². The highest BCUT2D eigenvalue weighted by atomic mass is 19.1. The lowest BCUT2D eigenvalue weighted by molar-refractivity contribution is -0.123. The predicted molar refractivity (Wildman–Crippen MR) is 127 cm³/mol. The second kappa shape index (κ2) is 10.4. The molecule has 4 rings (SSSR count). The zero-order chi connectivity index (χ0) is 23.0. The Balaban J connectivity index is 1.47. The van der Waals surface area contributed by atoms with E-state index in [1.54, 1.807) is 18.3 Å². The van der Waals surface area contributed by atoms with Gasteiger partial charge in [0.25, 0.3) is 5.91 Å². The van der Waals surface area contributed by atoms with Crippen LogP contribution in [0.2, 0.25) is 0 Å². The third-order valence-corrected chi connectivity index (χ3v) is 5.07. The van der Waals surface area contributed by atoms with Gasteiger partial charge in [-0.15, -0.1) is 0 Å². The monoisotopic (exact) mass is 442 g/mol. The number of halogens is 1. The lowest BCUT2D eigenvalue weighted by atomic mass is 10.0. The summed E-state index contributed by atoms with van der Waals surface area (Å²) in [5.41, 5.74) is 5.03. The van der Waals surface area contributed by atoms with E-state index < -0.39 is 0 Å². The minimum absolute atomic E-state index is 0.147. The normalized spacial score (nSPS) is 11.0. The van der Waals surface area contributed by atoms with Crippen molar-refractivity contribution >= 4 is 22.9 Å². The topological polar surface area (TPSA) is 59.9 Å². The summed E-state index contributed by atoms with van der Waals surface area (Å²) in [4.78, 5) is 12.2. The molecule has 166 valence electrons. The fraction of sp³-hybridized carbons (Fsp3) is 0.111. The largest absolute Gasteiger partial charge is 0.488 e. The summed E-state index contributed by atoms with van der Waals surface area (Å²) in [5.74, 6) is 0.595. The van der Waals surface area contributed by atoms with Gasteiger partial charge >= 0.3 is 0 Å². The Bertz CT molecular complexity index is 1290. The summed E-state index contributed by atoms with van der Waals surface area (Å²) in [6.07, 6.45) is 1.56. The predicted octanol–water partition coefficient (Wildman–Crippen LogP) is 5.40. The number of hydrogen-bond acceptors (Lipinski definition) is 4. The van der Waals surface area contributed by atoms with Crippen molar-refractivity contribution < 1.29 is 18.7 Å². The third kappa shape index (κ3) is 5.74. The van der Waals surface area contributed by atoms with E-state index in [2.05, 4.69) is 10.5 Å². The van der Waals surface area contributed by atoms with Crippen LogP contribution >= 0.6 is 0 Å². The molecular formula is C27H23FN2O3. The number of carbonyl (C=O) groups is 1. The van der Waals surface area contributed by atoms with Crippen molar-refractivity contribution in [2.75, 3.05) is 6.61 Å². The van der Waals surface area contributed by atoms with Crippen LogP contribution in [0, 0.1) is 12.7 Å². The van der Waals surface area contributed by atoms with Gasteiger partial charge in [-0.25, -0.2) is 9.82 Å². The number of aryl methyl sites for hydroxylation is 1. The Morgan fingerprint density at radius 2 is 1.67 bits per heavy atom. The molecule has 6 heteroatoms. The molecule has 0 radical (unpaired) electrons. The maximum absolute atomic E-state index is 13.2. The second-order valence-electron chi connectivity index (χ2n) is 7.46. The van der Waals surface area contributed by atoms with E-state index in [0.29, 0.717) is 11.5 Å². The highest BCUT2D eigenvalue weighted by Gasteiger charge is 2.09. The lowest BCUT2D eigenvalue weighted by Gasteiger charge is -2.12. The minimum Gasteiger partial charge on any atom is -0.488 e. The van der Waals surface area contributed by atoms with Crippen molar-refractivity contribution in [2.24, 2.45) is 5.10 Å². The van der Waals surface area contributed by atoms with Crippen LogP contribution in [0.5, 0.6) is 11.5 Å². The van der Waals surface area contributed by atoms with Crippen molar-refractivity contribution in [1.82, 2.24) is 5.43 Å². The van der Waals surface area contributed by atoms with Crippen LogP contribution in [0.4, 0.5) is 4.39 Å². The average Bonchev–Trinajstić information content (AvgIpc) is 2.84. The number of hydrogen-bond donors (Lipinski definition) is 1. The van der Waals surface area contributed by atoms with Gasteiger partial charge in [-0.05, 0) is 53.1 Å². The van der Waals surface area contributed by atoms with E-state index >= 15 is 0 Å². The number of ether oxygens (including phenoxy) is 2. The van der Waals surface area contributed by atoms with Crippen molar-refractivity contribution in [3.05, 3.63) is 107 Å². The molecule has 0 spiro atoms. The van der Waals surface area contributed by atoms with Crippen LogP contribution in [-0.2, 0) is 11.4 Å². The van der Waals surface area contributed by atoms with Crippen molar-refractivity contribution in [2.45, 2.75) is 13.5 Å². The van der Waals surface area contributed by atoms with Crippen LogP contribution in [0.25, 0.3) is 10.8 Å². The van der Waals surface area contributed by atoms with Crippen LogP contribution in [-0.4, -0.2) is 18.7 Å². The number of amides is 1. The zero-order valence-electron chi connectivity index (χ0n) is 18.1. The first-order valence-electron chi connectivity index (χ1n) is 10.5. The molecule has 0 fully saturated rings. The number of hydrazone groups is 1. The van der Waals surface area contributed by atoms with Crippen LogP contribution in [0.15, 0.2) is 90.0 Å². The molecule has 0 aliphatic heterocycles. The van der Waals surface area contributed by atoms with Crippen LogP contribution < -0.4 is 14.9 Å². The number of benzene rings is 4. The van der Waals surface area contributed by atoms with E-state index in [4.69, 9.17) is 9.47 Å².